The van der Waals surface area contributed by atoms with Gasteiger partial charge in [0, 0.05) is 24.8 Å². The summed E-state index contributed by atoms with van der Waals surface area (Å²) >= 11 is 0.978. The third-order valence-corrected chi connectivity index (χ3v) is 7.82. The third-order valence-electron chi connectivity index (χ3n) is 6.20. The van der Waals surface area contributed by atoms with Crippen molar-refractivity contribution < 1.29 is 37.3 Å². The van der Waals surface area contributed by atoms with Gasteiger partial charge in [-0.15, -0.1) is 11.3 Å². The van der Waals surface area contributed by atoms with Gasteiger partial charge in [-0.25, -0.2) is 14.1 Å². The van der Waals surface area contributed by atoms with Gasteiger partial charge < -0.3 is 31.6 Å². The van der Waals surface area contributed by atoms with Gasteiger partial charge in [0.2, 0.25) is 5.60 Å². The molecule has 0 spiro atoms. The lowest BCUT2D eigenvalue weighted by Crippen LogP contribution is -2.73. The number of amides is 2. The van der Waals surface area contributed by atoms with Crippen molar-refractivity contribution >= 4 is 50.3 Å². The quantitative estimate of drug-likeness (QED) is 0.0657. The maximum atomic E-state index is 13.2. The molecule has 2 fully saturated rings. The first-order chi connectivity index (χ1) is 18.8. The van der Waals surface area contributed by atoms with Crippen LogP contribution < -0.4 is 16.8 Å². The highest BCUT2D eigenvalue weighted by molar-refractivity contribution is 7.84. The van der Waals surface area contributed by atoms with Crippen LogP contribution in [0.25, 0.3) is 0 Å². The molecule has 2 amide bonds. The largest absolute Gasteiger partial charge is 0.478 e. The van der Waals surface area contributed by atoms with E-state index < -0.39 is 51.5 Å². The van der Waals surface area contributed by atoms with E-state index in [0.717, 1.165) is 29.1 Å². The Kier molecular flexibility index (Phi) is 8.35. The van der Waals surface area contributed by atoms with Gasteiger partial charge in [0.15, 0.2) is 10.8 Å². The number of aromatic nitrogens is 4. The molecule has 2 aromatic rings. The van der Waals surface area contributed by atoms with Gasteiger partial charge in [0.25, 0.3) is 11.8 Å². The highest BCUT2D eigenvalue weighted by Gasteiger charge is 2.56. The first-order valence-corrected chi connectivity index (χ1v) is 14.2. The molecule has 2 atom stereocenters. The Morgan fingerprint density at radius 3 is 2.70 bits per heavy atom. The normalized spacial score (nSPS) is 20.4. The maximum Gasteiger partial charge on any atom is 0.362 e. The molecule has 0 bridgehead atoms. The number of nitrogens with two attached hydrogens (primary N) is 2. The second kappa shape index (κ2) is 11.4. The maximum absolute atomic E-state index is 13.2. The summed E-state index contributed by atoms with van der Waals surface area (Å²) in [5.74, 6) is -3.39. The molecule has 0 aromatic carbocycles. The van der Waals surface area contributed by atoms with Crippen molar-refractivity contribution in [3.05, 3.63) is 23.0 Å². The Hall–Kier alpha value is -3.72. The van der Waals surface area contributed by atoms with Gasteiger partial charge in [-0.1, -0.05) is 5.16 Å². The molecule has 40 heavy (non-hydrogen) atoms. The van der Waals surface area contributed by atoms with Crippen LogP contribution in [-0.4, -0.2) is 109 Å². The van der Waals surface area contributed by atoms with Gasteiger partial charge in [-0.05, 0) is 26.6 Å². The minimum atomic E-state index is -4.98. The number of nitrogens with one attached hydrogen (secondary N) is 1. The molecule has 218 valence electrons. The van der Waals surface area contributed by atoms with Crippen molar-refractivity contribution in [1.82, 2.24) is 34.5 Å². The van der Waals surface area contributed by atoms with Gasteiger partial charge in [0.1, 0.15) is 17.8 Å². The molecule has 1 aliphatic carbocycles. The Bertz CT molecular complexity index is 1420. The number of anilines is 1. The average molecular weight is 601 g/mol. The van der Waals surface area contributed by atoms with Crippen LogP contribution in [0.15, 0.2) is 16.7 Å². The molecule has 2 aliphatic rings. The van der Waals surface area contributed by atoms with Crippen LogP contribution in [-0.2, 0) is 42.6 Å². The number of oxime groups is 1. The third kappa shape index (κ3) is 6.36. The molecular weight excluding hydrogens is 572 g/mol. The summed E-state index contributed by atoms with van der Waals surface area (Å²) in [5.41, 5.74) is 9.64. The van der Waals surface area contributed by atoms with E-state index in [2.05, 4.69) is 25.7 Å². The predicted molar refractivity (Wildman–Crippen MR) is 138 cm³/mol. The molecule has 1 saturated heterocycles. The number of hydrogen-bond donors (Lipinski definition) is 5. The Morgan fingerprint density at radius 1 is 1.40 bits per heavy atom. The summed E-state index contributed by atoms with van der Waals surface area (Å²) in [7, 11) is -3.11. The second-order valence-electron chi connectivity index (χ2n) is 9.30. The van der Waals surface area contributed by atoms with E-state index in [1.807, 2.05) is 11.9 Å². The fraction of sp³-hybridized carbons (Fsp3) is 0.550. The average Bonchev–Trinajstić information content (AvgIpc) is 3.36. The number of β-lactam (4-membered cyclic amide) rings is 1. The lowest BCUT2D eigenvalue weighted by Gasteiger charge is -2.43. The molecule has 1 unspecified atom stereocenters. The number of hydrogen-bond acceptors (Lipinski definition) is 14. The molecule has 1 aliphatic heterocycles. The van der Waals surface area contributed by atoms with Gasteiger partial charge >= 0.3 is 16.3 Å². The highest BCUT2D eigenvalue weighted by Crippen LogP contribution is 2.40. The van der Waals surface area contributed by atoms with Gasteiger partial charge in [-0.2, -0.15) is 23.4 Å². The highest BCUT2D eigenvalue weighted by atomic mass is 32.2. The van der Waals surface area contributed by atoms with Crippen molar-refractivity contribution in [2.24, 2.45) is 10.9 Å². The molecule has 18 nitrogen and oxygen atoms in total. The molecular formula is C20H28N10O8S2. The van der Waals surface area contributed by atoms with E-state index >= 15 is 0 Å². The summed E-state index contributed by atoms with van der Waals surface area (Å²) < 4.78 is 33.6. The van der Waals surface area contributed by atoms with Crippen molar-refractivity contribution in [3.8, 4) is 0 Å². The number of aliphatic carboxylic acids is 1. The Labute approximate surface area is 231 Å². The first-order valence-electron chi connectivity index (χ1n) is 11.9. The van der Waals surface area contributed by atoms with E-state index in [-0.39, 0.29) is 34.5 Å². The molecule has 2 aromatic heterocycles. The predicted octanol–water partition coefficient (Wildman–Crippen LogP) is -2.37. The second-order valence-corrected chi connectivity index (χ2v) is 11.5. The van der Waals surface area contributed by atoms with Crippen LogP contribution in [0.3, 0.4) is 0 Å². The van der Waals surface area contributed by atoms with E-state index in [4.69, 9.17) is 16.3 Å². The summed E-state index contributed by atoms with van der Waals surface area (Å²) in [5, 5.41) is 25.3. The SMILES string of the molecule is CN(CCCN)Cc1cnn(C[C@H]2C(NC(=O)/C(=N\OC3(C(=O)O)CC3)c3csc(N)n3)C(=O)N2S(=O)(=O)O)n1. The van der Waals surface area contributed by atoms with Gasteiger partial charge in [0.05, 0.1) is 18.4 Å². The number of nitrogen functional groups attached to an aromatic ring is 1. The summed E-state index contributed by atoms with van der Waals surface area (Å²) in [6.07, 6.45) is 2.60. The molecule has 1 saturated carbocycles. The van der Waals surface area contributed by atoms with E-state index in [0.29, 0.717) is 18.8 Å². The summed E-state index contributed by atoms with van der Waals surface area (Å²) in [6, 6.07) is -2.73. The van der Waals surface area contributed by atoms with Crippen molar-refractivity contribution in [2.75, 3.05) is 25.9 Å². The minimum Gasteiger partial charge on any atom is -0.478 e. The number of nitrogens with zero attached hydrogens (tertiary/aromatic N) is 7. The summed E-state index contributed by atoms with van der Waals surface area (Å²) in [4.78, 5) is 49.6. The molecule has 3 heterocycles. The zero-order chi connectivity index (χ0) is 29.2. The van der Waals surface area contributed by atoms with Crippen LogP contribution in [0.4, 0.5) is 5.13 Å². The standard InChI is InChI=1S/C20H28N10O8S2/c1-28(6-2-5-21)8-11-7-23-29(26-11)9-13-15(17(32)30(13)40(35,36)37)25-16(31)14(12-10-39-19(22)24-12)27-38-20(3-4-20)18(33)34/h7,10,13,15H,2-6,8-9,21H2,1H3,(H2,22,24)(H,25,31)(H,33,34)(H,35,36,37)/b27-14-/t13-,15?/m0/s1. The lowest BCUT2D eigenvalue weighted by atomic mass is 9.98. The fourth-order valence-corrected chi connectivity index (χ4v) is 5.34. The van der Waals surface area contributed by atoms with Gasteiger partial charge in [-0.3, -0.25) is 14.1 Å². The monoisotopic (exact) mass is 600 g/mol. The van der Waals surface area contributed by atoms with Crippen LogP contribution in [0.5, 0.6) is 0 Å². The first kappa shape index (κ1) is 29.3. The van der Waals surface area contributed by atoms with Crippen LogP contribution >= 0.6 is 11.3 Å². The van der Waals surface area contributed by atoms with Crippen molar-refractivity contribution in [1.29, 1.82) is 0 Å². The molecule has 4 rings (SSSR count). The van der Waals surface area contributed by atoms with E-state index in [1.165, 1.54) is 11.6 Å². The molecule has 7 N–H and O–H groups in total. The van der Waals surface area contributed by atoms with E-state index in [1.54, 1.807) is 0 Å². The number of carbonyl (C=O) groups excluding carboxylic acids is 2. The molecule has 0 radical (unpaired) electrons. The number of rotatable bonds is 14. The topological polar surface area (TPSA) is 262 Å². The Morgan fingerprint density at radius 2 is 2.12 bits per heavy atom. The van der Waals surface area contributed by atoms with E-state index in [9.17, 15) is 32.5 Å². The lowest BCUT2D eigenvalue weighted by molar-refractivity contribution is -0.153. The number of carboxylic acids is 1. The van der Waals surface area contributed by atoms with Crippen LogP contribution in [0, 0.1) is 0 Å². The number of thiazole rings is 1. The van der Waals surface area contributed by atoms with Crippen LogP contribution in [0.1, 0.15) is 30.7 Å². The smallest absolute Gasteiger partial charge is 0.362 e. The zero-order valence-electron chi connectivity index (χ0n) is 21.2. The van der Waals surface area contributed by atoms with Crippen LogP contribution in [0.2, 0.25) is 0 Å². The summed E-state index contributed by atoms with van der Waals surface area (Å²) in [6.45, 7) is 1.38. The van der Waals surface area contributed by atoms with Crippen molar-refractivity contribution in [2.45, 2.75) is 50.0 Å². The number of carbonyl (C=O) groups is 3. The van der Waals surface area contributed by atoms with Crippen molar-refractivity contribution in [3.63, 3.8) is 0 Å². The molecule has 20 heteroatoms. The zero-order valence-corrected chi connectivity index (χ0v) is 22.8. The Balaban J connectivity index is 1.52. The number of carboxylic acid groups (broad SMARTS) is 1. The minimum absolute atomic E-state index is 0.0479. The fourth-order valence-electron chi connectivity index (χ4n) is 3.92.